The molecule has 2 aromatic carbocycles. The van der Waals surface area contributed by atoms with Crippen LogP contribution in [0.1, 0.15) is 30.5 Å². The lowest BCUT2D eigenvalue weighted by molar-refractivity contribution is -0.162. The van der Waals surface area contributed by atoms with Gasteiger partial charge in [0.15, 0.2) is 5.60 Å². The zero-order valence-electron chi connectivity index (χ0n) is 24.1. The van der Waals surface area contributed by atoms with Gasteiger partial charge in [0.05, 0.1) is 25.5 Å². The van der Waals surface area contributed by atoms with Crippen molar-refractivity contribution < 1.29 is 24.1 Å². The fourth-order valence-corrected chi connectivity index (χ4v) is 5.33. The van der Waals surface area contributed by atoms with Crippen molar-refractivity contribution in [2.45, 2.75) is 38.9 Å². The minimum absolute atomic E-state index is 0.244. The van der Waals surface area contributed by atoms with Crippen LogP contribution in [0, 0.1) is 0 Å². The number of piperazine rings is 1. The Morgan fingerprint density at radius 3 is 2.52 bits per heavy atom. The van der Waals surface area contributed by atoms with Crippen LogP contribution in [-0.4, -0.2) is 84.1 Å². The van der Waals surface area contributed by atoms with Gasteiger partial charge < -0.3 is 30.0 Å². The summed E-state index contributed by atoms with van der Waals surface area (Å²) in [4.78, 5) is 25.1. The lowest BCUT2D eigenvalue weighted by Gasteiger charge is -2.37. The molecule has 1 saturated heterocycles. The summed E-state index contributed by atoms with van der Waals surface area (Å²) in [6, 6.07) is 13.8. The van der Waals surface area contributed by atoms with E-state index in [4.69, 9.17) is 36.7 Å². The molecule has 1 fully saturated rings. The molecule has 3 aromatic rings. The second-order valence-electron chi connectivity index (χ2n) is 11.1. The van der Waals surface area contributed by atoms with Crippen LogP contribution >= 0.6 is 11.6 Å². The van der Waals surface area contributed by atoms with E-state index >= 15 is 0 Å². The predicted octanol–water partition coefficient (Wildman–Crippen LogP) is 4.08. The van der Waals surface area contributed by atoms with Crippen molar-refractivity contribution in [1.82, 2.24) is 14.9 Å². The highest BCUT2D eigenvalue weighted by molar-refractivity contribution is 6.30. The molecule has 42 heavy (non-hydrogen) atoms. The monoisotopic (exact) mass is 595 g/mol. The maximum atomic E-state index is 11.1. The number of benzene rings is 2. The summed E-state index contributed by atoms with van der Waals surface area (Å²) < 4.78 is 17.1. The first-order valence-electron chi connectivity index (χ1n) is 14.3. The van der Waals surface area contributed by atoms with Gasteiger partial charge in [-0.1, -0.05) is 23.7 Å². The Morgan fingerprint density at radius 2 is 1.79 bits per heavy atom. The molecule has 0 spiro atoms. The molecule has 3 N–H and O–H groups in total. The Balaban J connectivity index is 1.15. The van der Waals surface area contributed by atoms with Crippen LogP contribution in [0.15, 0.2) is 42.5 Å². The van der Waals surface area contributed by atoms with Gasteiger partial charge in [-0.05, 0) is 68.1 Å². The van der Waals surface area contributed by atoms with Gasteiger partial charge in [0.25, 0.3) is 0 Å². The summed E-state index contributed by atoms with van der Waals surface area (Å²) in [5.41, 5.74) is 10.4. The number of anilines is 2. The van der Waals surface area contributed by atoms with Crippen LogP contribution in [0.25, 0.3) is 11.3 Å². The molecule has 0 saturated carbocycles. The molecule has 0 bridgehead atoms. The Morgan fingerprint density at radius 1 is 1.02 bits per heavy atom. The number of hydrogen-bond donors (Lipinski definition) is 2. The number of halogens is 1. The summed E-state index contributed by atoms with van der Waals surface area (Å²) in [6.07, 6.45) is 1.72. The van der Waals surface area contributed by atoms with Crippen LogP contribution in [0.4, 0.5) is 11.8 Å². The number of rotatable bonds is 12. The summed E-state index contributed by atoms with van der Waals surface area (Å²) in [7, 11) is 0. The van der Waals surface area contributed by atoms with Crippen molar-refractivity contribution in [3.8, 4) is 17.0 Å². The van der Waals surface area contributed by atoms with Crippen molar-refractivity contribution in [2.75, 3.05) is 63.2 Å². The first-order valence-corrected chi connectivity index (χ1v) is 14.7. The normalized spacial score (nSPS) is 15.3. The van der Waals surface area contributed by atoms with E-state index in [1.807, 2.05) is 30.3 Å². The van der Waals surface area contributed by atoms with Gasteiger partial charge in [-0.15, -0.1) is 0 Å². The molecular formula is C31H38ClN5O5. The highest BCUT2D eigenvalue weighted by Gasteiger charge is 2.28. The smallest absolute Gasteiger partial charge is 0.335 e. The zero-order chi connectivity index (χ0) is 29.7. The van der Waals surface area contributed by atoms with E-state index in [-0.39, 0.29) is 12.6 Å². The molecule has 5 rings (SSSR count). The number of ether oxygens (including phenoxy) is 3. The molecule has 1 aliphatic heterocycles. The molecule has 0 unspecified atom stereocenters. The second-order valence-corrected chi connectivity index (χ2v) is 11.5. The molecule has 1 aliphatic carbocycles. The first-order chi connectivity index (χ1) is 20.2. The van der Waals surface area contributed by atoms with Gasteiger partial charge in [0, 0.05) is 48.9 Å². The number of nitrogens with two attached hydrogens (primary N) is 1. The average molecular weight is 596 g/mol. The number of hydrogen-bond acceptors (Lipinski definition) is 9. The van der Waals surface area contributed by atoms with E-state index in [2.05, 4.69) is 31.9 Å². The van der Waals surface area contributed by atoms with Crippen LogP contribution in [-0.2, 0) is 33.7 Å². The maximum absolute atomic E-state index is 11.1. The molecule has 224 valence electrons. The molecule has 1 aromatic heterocycles. The number of carboxylic acids is 1. The number of carbonyl (C=O) groups is 1. The number of fused-ring (bicyclic) bond motifs is 3. The van der Waals surface area contributed by atoms with Crippen molar-refractivity contribution >= 4 is 29.3 Å². The lowest BCUT2D eigenvalue weighted by atomic mass is 9.88. The Kier molecular flexibility index (Phi) is 9.47. The minimum Gasteiger partial charge on any atom is -0.489 e. The SMILES string of the molecule is CC(C)(OCCOCCN1CCN(c2nc(N)nc3c2CCc2cc(OCc4ccc(Cl)cc4)ccc2-3)CC1)C(=O)O. The van der Waals surface area contributed by atoms with E-state index in [0.717, 1.165) is 79.5 Å². The summed E-state index contributed by atoms with van der Waals surface area (Å²) in [5, 5.41) is 9.82. The number of aromatic nitrogens is 2. The molecular weight excluding hydrogens is 558 g/mol. The maximum Gasteiger partial charge on any atom is 0.335 e. The third kappa shape index (κ3) is 7.30. The Hall–Kier alpha value is -3.44. The predicted molar refractivity (Wildman–Crippen MR) is 162 cm³/mol. The summed E-state index contributed by atoms with van der Waals surface area (Å²) in [6.45, 7) is 8.96. The van der Waals surface area contributed by atoms with E-state index < -0.39 is 11.6 Å². The van der Waals surface area contributed by atoms with Crippen molar-refractivity contribution in [3.63, 3.8) is 0 Å². The van der Waals surface area contributed by atoms with Gasteiger partial charge in [0.2, 0.25) is 5.95 Å². The molecule has 0 atom stereocenters. The molecule has 0 amide bonds. The van der Waals surface area contributed by atoms with Crippen molar-refractivity contribution in [1.29, 1.82) is 0 Å². The summed E-state index contributed by atoms with van der Waals surface area (Å²) >= 11 is 5.99. The van der Waals surface area contributed by atoms with Gasteiger partial charge in [0.1, 0.15) is 18.2 Å². The fraction of sp³-hybridized carbons (Fsp3) is 0.452. The lowest BCUT2D eigenvalue weighted by Crippen LogP contribution is -2.48. The minimum atomic E-state index is -1.21. The van der Waals surface area contributed by atoms with Crippen LogP contribution in [0.2, 0.25) is 5.02 Å². The van der Waals surface area contributed by atoms with Gasteiger partial charge >= 0.3 is 5.97 Å². The molecule has 11 heteroatoms. The number of carboxylic acid groups (broad SMARTS) is 1. The van der Waals surface area contributed by atoms with Gasteiger partial charge in [-0.25, -0.2) is 9.78 Å². The number of aliphatic carboxylic acids is 1. The van der Waals surface area contributed by atoms with E-state index in [0.29, 0.717) is 24.8 Å². The van der Waals surface area contributed by atoms with Gasteiger partial charge in [-0.3, -0.25) is 4.90 Å². The van der Waals surface area contributed by atoms with E-state index in [1.54, 1.807) is 0 Å². The highest BCUT2D eigenvalue weighted by Crippen LogP contribution is 2.38. The highest BCUT2D eigenvalue weighted by atomic mass is 35.5. The number of nitrogens with zero attached hydrogens (tertiary/aromatic N) is 4. The first kappa shape index (κ1) is 30.0. The topological polar surface area (TPSA) is 123 Å². The quantitative estimate of drug-likeness (QED) is 0.296. The average Bonchev–Trinajstić information content (AvgIpc) is 2.98. The molecule has 2 aliphatic rings. The van der Waals surface area contributed by atoms with Crippen LogP contribution < -0.4 is 15.4 Å². The third-order valence-corrected chi connectivity index (χ3v) is 7.98. The Bertz CT molecular complexity index is 1390. The molecule has 2 heterocycles. The van der Waals surface area contributed by atoms with Crippen LogP contribution in [0.5, 0.6) is 5.75 Å². The zero-order valence-corrected chi connectivity index (χ0v) is 24.9. The molecule has 10 nitrogen and oxygen atoms in total. The second kappa shape index (κ2) is 13.2. The third-order valence-electron chi connectivity index (χ3n) is 7.73. The van der Waals surface area contributed by atoms with E-state index in [1.165, 1.54) is 19.4 Å². The van der Waals surface area contributed by atoms with Crippen molar-refractivity contribution in [3.05, 3.63) is 64.2 Å². The largest absolute Gasteiger partial charge is 0.489 e. The van der Waals surface area contributed by atoms with E-state index in [9.17, 15) is 4.79 Å². The Labute approximate surface area is 251 Å². The van der Waals surface area contributed by atoms with Crippen molar-refractivity contribution in [2.24, 2.45) is 0 Å². The fourth-order valence-electron chi connectivity index (χ4n) is 5.20. The van der Waals surface area contributed by atoms with Crippen LogP contribution in [0.3, 0.4) is 0 Å². The van der Waals surface area contributed by atoms with Gasteiger partial charge in [-0.2, -0.15) is 4.98 Å². The number of nitrogen functional groups attached to an aromatic ring is 1. The molecule has 0 radical (unpaired) electrons. The standard InChI is InChI=1S/C31H38ClN5O5/c1-31(2,29(38)39)42-18-17-40-16-15-36-11-13-37(14-12-36)28-26-9-5-22-19-24(41-20-21-3-6-23(32)7-4-21)8-10-25(22)27(26)34-30(33)35-28/h3-4,6-8,10,19H,5,9,11-18,20H2,1-2H3,(H,38,39)(H2,33,34,35). The number of aryl methyl sites for hydroxylation is 1. The summed E-state index contributed by atoms with van der Waals surface area (Å²) in [5.74, 6) is 1.05.